The summed E-state index contributed by atoms with van der Waals surface area (Å²) in [7, 11) is 0. The van der Waals surface area contributed by atoms with E-state index in [1.54, 1.807) is 0 Å². The lowest BCUT2D eigenvalue weighted by atomic mass is 9.98. The molecule has 2 saturated heterocycles. The van der Waals surface area contributed by atoms with E-state index in [-0.39, 0.29) is 23.9 Å². The number of nitrogens with one attached hydrogen (secondary N) is 1. The Balaban J connectivity index is 1.23. The fourth-order valence-corrected chi connectivity index (χ4v) is 5.12. The van der Waals surface area contributed by atoms with Crippen molar-refractivity contribution >= 4 is 17.8 Å². The van der Waals surface area contributed by atoms with Crippen LogP contribution in [0.5, 0.6) is 0 Å². The molecule has 1 N–H and O–H groups in total. The van der Waals surface area contributed by atoms with Gasteiger partial charge in [-0.15, -0.1) is 0 Å². The summed E-state index contributed by atoms with van der Waals surface area (Å²) in [6.07, 6.45) is 4.31. The molecule has 7 heteroatoms. The molecule has 0 radical (unpaired) electrons. The number of carbonyl (C=O) groups excluding carboxylic acids is 3. The molecule has 1 aromatic carbocycles. The van der Waals surface area contributed by atoms with Crippen LogP contribution >= 0.6 is 0 Å². The van der Waals surface area contributed by atoms with Gasteiger partial charge >= 0.3 is 6.03 Å². The van der Waals surface area contributed by atoms with Crippen molar-refractivity contribution in [2.24, 2.45) is 0 Å². The summed E-state index contributed by atoms with van der Waals surface area (Å²) in [5.74, 6) is 0.0184. The predicted molar refractivity (Wildman–Crippen MR) is 114 cm³/mol. The topological polar surface area (TPSA) is 73.0 Å². The second-order valence-corrected chi connectivity index (χ2v) is 8.94. The molecule has 1 aliphatic carbocycles. The molecule has 4 rings (SSSR count). The van der Waals surface area contributed by atoms with Gasteiger partial charge in [-0.25, -0.2) is 4.79 Å². The Bertz CT molecular complexity index is 791. The van der Waals surface area contributed by atoms with Gasteiger partial charge in [0.05, 0.1) is 0 Å². The standard InChI is InChI=1S/C23H32N4O3/c1-18-16-25(17-19-8-3-2-4-9-19)14-15-26(18)20(28)10-7-13-27-21(29)23(24-22(27)30)11-5-6-12-23/h2-4,8-9,18H,5-7,10-17H2,1H3,(H,24,30). The molecule has 1 unspecified atom stereocenters. The zero-order valence-corrected chi connectivity index (χ0v) is 17.8. The number of benzene rings is 1. The van der Waals surface area contributed by atoms with E-state index in [4.69, 9.17) is 0 Å². The van der Waals surface area contributed by atoms with Gasteiger partial charge in [-0.1, -0.05) is 43.2 Å². The molecule has 2 aliphatic heterocycles. The molecule has 0 bridgehead atoms. The summed E-state index contributed by atoms with van der Waals surface area (Å²) in [6, 6.07) is 10.3. The number of nitrogens with zero attached hydrogens (tertiary/aromatic N) is 3. The highest BCUT2D eigenvalue weighted by molar-refractivity contribution is 6.07. The fraction of sp³-hybridized carbons (Fsp3) is 0.609. The second kappa shape index (κ2) is 8.76. The van der Waals surface area contributed by atoms with E-state index in [0.717, 1.165) is 51.9 Å². The van der Waals surface area contributed by atoms with E-state index >= 15 is 0 Å². The average molecular weight is 413 g/mol. The highest BCUT2D eigenvalue weighted by atomic mass is 16.2. The summed E-state index contributed by atoms with van der Waals surface area (Å²) in [6.45, 7) is 5.76. The number of piperazine rings is 1. The number of urea groups is 1. The molecule has 0 aromatic heterocycles. The summed E-state index contributed by atoms with van der Waals surface area (Å²) < 4.78 is 0. The maximum absolute atomic E-state index is 12.8. The number of hydrogen-bond acceptors (Lipinski definition) is 4. The SMILES string of the molecule is CC1CN(Cc2ccccc2)CCN1C(=O)CCCN1C(=O)NC2(CCCC2)C1=O. The molecule has 3 aliphatic rings. The van der Waals surface area contributed by atoms with Crippen LogP contribution in [0.25, 0.3) is 0 Å². The number of amides is 4. The van der Waals surface area contributed by atoms with Crippen LogP contribution in [0, 0.1) is 0 Å². The molecule has 4 amide bonds. The molecular formula is C23H32N4O3. The van der Waals surface area contributed by atoms with Gasteiger partial charge in [-0.3, -0.25) is 19.4 Å². The van der Waals surface area contributed by atoms with Crippen molar-refractivity contribution in [2.45, 2.75) is 63.6 Å². The largest absolute Gasteiger partial charge is 0.337 e. The van der Waals surface area contributed by atoms with Gasteiger partial charge < -0.3 is 10.2 Å². The Morgan fingerprint density at radius 1 is 1.13 bits per heavy atom. The van der Waals surface area contributed by atoms with Crippen molar-refractivity contribution < 1.29 is 14.4 Å². The van der Waals surface area contributed by atoms with Crippen LogP contribution in [-0.2, 0) is 16.1 Å². The Hall–Kier alpha value is -2.41. The van der Waals surface area contributed by atoms with E-state index < -0.39 is 5.54 Å². The van der Waals surface area contributed by atoms with Gasteiger partial charge in [0.25, 0.3) is 5.91 Å². The summed E-state index contributed by atoms with van der Waals surface area (Å²) >= 11 is 0. The van der Waals surface area contributed by atoms with Crippen molar-refractivity contribution in [3.63, 3.8) is 0 Å². The Labute approximate surface area is 178 Å². The lowest BCUT2D eigenvalue weighted by Gasteiger charge is -2.40. The minimum Gasteiger partial charge on any atom is -0.337 e. The normalized spacial score (nSPS) is 24.0. The monoisotopic (exact) mass is 412 g/mol. The van der Waals surface area contributed by atoms with E-state index in [1.807, 2.05) is 11.0 Å². The molecule has 162 valence electrons. The van der Waals surface area contributed by atoms with Crippen molar-refractivity contribution in [1.29, 1.82) is 0 Å². The lowest BCUT2D eigenvalue weighted by Crippen LogP contribution is -2.53. The van der Waals surface area contributed by atoms with Crippen LogP contribution in [0.15, 0.2) is 30.3 Å². The quantitative estimate of drug-likeness (QED) is 0.728. The van der Waals surface area contributed by atoms with E-state index in [1.165, 1.54) is 10.5 Å². The smallest absolute Gasteiger partial charge is 0.325 e. The number of carbonyl (C=O) groups is 3. The molecule has 7 nitrogen and oxygen atoms in total. The summed E-state index contributed by atoms with van der Waals surface area (Å²) in [4.78, 5) is 43.4. The third-order valence-electron chi connectivity index (χ3n) is 6.76. The van der Waals surface area contributed by atoms with Crippen LogP contribution in [0.1, 0.15) is 51.0 Å². The third kappa shape index (κ3) is 4.21. The number of hydrogen-bond donors (Lipinski definition) is 1. The van der Waals surface area contributed by atoms with E-state index in [9.17, 15) is 14.4 Å². The fourth-order valence-electron chi connectivity index (χ4n) is 5.12. The molecule has 1 saturated carbocycles. The predicted octanol–water partition coefficient (Wildman–Crippen LogP) is 2.36. The van der Waals surface area contributed by atoms with Crippen LogP contribution < -0.4 is 5.32 Å². The highest BCUT2D eigenvalue weighted by Gasteiger charge is 2.52. The molecular weight excluding hydrogens is 380 g/mol. The first-order valence-electron chi connectivity index (χ1n) is 11.2. The zero-order chi connectivity index (χ0) is 21.1. The van der Waals surface area contributed by atoms with Crippen molar-refractivity contribution in [1.82, 2.24) is 20.0 Å². The van der Waals surface area contributed by atoms with Crippen molar-refractivity contribution in [2.75, 3.05) is 26.2 Å². The minimum atomic E-state index is -0.662. The molecule has 1 atom stereocenters. The Morgan fingerprint density at radius 2 is 1.87 bits per heavy atom. The molecule has 2 heterocycles. The third-order valence-corrected chi connectivity index (χ3v) is 6.76. The second-order valence-electron chi connectivity index (χ2n) is 8.94. The first-order valence-corrected chi connectivity index (χ1v) is 11.2. The Kier molecular flexibility index (Phi) is 6.09. The maximum atomic E-state index is 12.8. The van der Waals surface area contributed by atoms with Crippen LogP contribution in [0.4, 0.5) is 4.79 Å². The van der Waals surface area contributed by atoms with Gasteiger partial charge in [0.2, 0.25) is 5.91 Å². The molecule has 3 fully saturated rings. The van der Waals surface area contributed by atoms with Crippen LogP contribution in [0.3, 0.4) is 0 Å². The van der Waals surface area contributed by atoms with Crippen LogP contribution in [0.2, 0.25) is 0 Å². The minimum absolute atomic E-state index is 0.0969. The number of imide groups is 1. The molecule has 30 heavy (non-hydrogen) atoms. The van der Waals surface area contributed by atoms with Gasteiger partial charge in [-0.05, 0) is 31.7 Å². The number of rotatable bonds is 6. The average Bonchev–Trinajstić information content (AvgIpc) is 3.29. The first kappa shape index (κ1) is 20.8. The van der Waals surface area contributed by atoms with Gasteiger partial charge in [0, 0.05) is 45.2 Å². The van der Waals surface area contributed by atoms with Gasteiger partial charge in [-0.2, -0.15) is 0 Å². The van der Waals surface area contributed by atoms with E-state index in [2.05, 4.69) is 41.4 Å². The highest BCUT2D eigenvalue weighted by Crippen LogP contribution is 2.35. The first-order chi connectivity index (χ1) is 14.5. The van der Waals surface area contributed by atoms with Crippen LogP contribution in [-0.4, -0.2) is 70.3 Å². The van der Waals surface area contributed by atoms with Gasteiger partial charge in [0.1, 0.15) is 5.54 Å². The van der Waals surface area contributed by atoms with Crippen molar-refractivity contribution in [3.8, 4) is 0 Å². The summed E-state index contributed by atoms with van der Waals surface area (Å²) in [5, 5.41) is 2.90. The zero-order valence-electron chi connectivity index (χ0n) is 17.8. The van der Waals surface area contributed by atoms with Crippen molar-refractivity contribution in [3.05, 3.63) is 35.9 Å². The lowest BCUT2D eigenvalue weighted by molar-refractivity contribution is -0.136. The van der Waals surface area contributed by atoms with E-state index in [0.29, 0.717) is 19.4 Å². The summed E-state index contributed by atoms with van der Waals surface area (Å²) in [5.41, 5.74) is 0.628. The maximum Gasteiger partial charge on any atom is 0.325 e. The van der Waals surface area contributed by atoms with Gasteiger partial charge in [0.15, 0.2) is 0 Å². The molecule has 1 spiro atoms. The molecule has 1 aromatic rings. The Morgan fingerprint density at radius 3 is 2.57 bits per heavy atom.